The molecule has 1 N–H and O–H groups in total. The largest absolute Gasteiger partial charge is 0.480 e. The van der Waals surface area contributed by atoms with Crippen LogP contribution in [0, 0.1) is 5.82 Å². The van der Waals surface area contributed by atoms with E-state index < -0.39 is 23.7 Å². The van der Waals surface area contributed by atoms with Crippen LogP contribution in [0.15, 0.2) is 18.2 Å². The molecule has 1 aromatic carbocycles. The summed E-state index contributed by atoms with van der Waals surface area (Å²) in [6, 6.07) is 3.39. The highest BCUT2D eigenvalue weighted by molar-refractivity contribution is 6.31. The lowest BCUT2D eigenvalue weighted by molar-refractivity contribution is -0.148. The van der Waals surface area contributed by atoms with Gasteiger partial charge >= 0.3 is 5.97 Å². The Bertz CT molecular complexity index is 500. The van der Waals surface area contributed by atoms with Gasteiger partial charge in [0, 0.05) is 17.1 Å². The first kappa shape index (κ1) is 13.8. The van der Waals surface area contributed by atoms with E-state index in [9.17, 15) is 14.0 Å². The molecule has 0 radical (unpaired) electrons. The molecule has 0 unspecified atom stereocenters. The molecule has 1 atom stereocenters. The third-order valence-corrected chi connectivity index (χ3v) is 3.60. The second-order valence-corrected chi connectivity index (χ2v) is 4.87. The number of carbonyl (C=O) groups excluding carboxylic acids is 1. The van der Waals surface area contributed by atoms with Crippen molar-refractivity contribution in [2.24, 2.45) is 0 Å². The van der Waals surface area contributed by atoms with Crippen LogP contribution < -0.4 is 0 Å². The molecule has 1 aliphatic heterocycles. The number of carboxylic acids is 1. The van der Waals surface area contributed by atoms with Crippen molar-refractivity contribution in [1.82, 2.24) is 4.90 Å². The van der Waals surface area contributed by atoms with Gasteiger partial charge in [-0.25, -0.2) is 9.18 Å². The second kappa shape index (κ2) is 5.57. The van der Waals surface area contributed by atoms with Crippen molar-refractivity contribution in [2.45, 2.75) is 25.3 Å². The molecular weight excluding hydrogens is 273 g/mol. The molecule has 0 bridgehead atoms. The standard InChI is InChI=1S/C13H13ClFNO3/c14-9-3-1-4-10(15)8(9)7-12(17)16-6-2-5-11(16)13(18)19/h1,3-4,11H,2,5-7H2,(H,18,19)/t11-/m0/s1. The molecule has 6 heteroatoms. The number of likely N-dealkylation sites (tertiary alicyclic amines) is 1. The van der Waals surface area contributed by atoms with Crippen LogP contribution in [0.4, 0.5) is 4.39 Å². The Morgan fingerprint density at radius 3 is 2.84 bits per heavy atom. The van der Waals surface area contributed by atoms with E-state index in [2.05, 4.69) is 0 Å². The molecule has 2 rings (SSSR count). The molecule has 1 heterocycles. The molecule has 4 nitrogen and oxygen atoms in total. The van der Waals surface area contributed by atoms with Gasteiger partial charge in [0.15, 0.2) is 0 Å². The number of hydrogen-bond donors (Lipinski definition) is 1. The summed E-state index contributed by atoms with van der Waals surface area (Å²) in [6.45, 7) is 0.391. The molecule has 102 valence electrons. The summed E-state index contributed by atoms with van der Waals surface area (Å²) in [5.74, 6) is -1.98. The van der Waals surface area contributed by atoms with Gasteiger partial charge in [-0.05, 0) is 25.0 Å². The van der Waals surface area contributed by atoms with Crippen LogP contribution in [-0.4, -0.2) is 34.5 Å². The number of amides is 1. The zero-order valence-corrected chi connectivity index (χ0v) is 10.9. The molecule has 1 fully saturated rings. The van der Waals surface area contributed by atoms with Gasteiger partial charge in [-0.2, -0.15) is 0 Å². The number of benzene rings is 1. The van der Waals surface area contributed by atoms with Crippen LogP contribution in [0.5, 0.6) is 0 Å². The Labute approximate surface area is 114 Å². The van der Waals surface area contributed by atoms with Crippen molar-refractivity contribution < 1.29 is 19.1 Å². The number of rotatable bonds is 3. The molecule has 1 aliphatic rings. The number of carboxylic acid groups (broad SMARTS) is 1. The van der Waals surface area contributed by atoms with Crippen molar-refractivity contribution in [3.63, 3.8) is 0 Å². The van der Waals surface area contributed by atoms with Crippen molar-refractivity contribution >= 4 is 23.5 Å². The van der Waals surface area contributed by atoms with Gasteiger partial charge < -0.3 is 10.0 Å². The van der Waals surface area contributed by atoms with E-state index in [0.717, 1.165) is 0 Å². The molecule has 1 aromatic rings. The number of aliphatic carboxylic acids is 1. The summed E-state index contributed by atoms with van der Waals surface area (Å²) in [6.07, 6.45) is 0.870. The molecular formula is C13H13ClFNO3. The van der Waals surface area contributed by atoms with E-state index in [0.29, 0.717) is 19.4 Å². The molecule has 0 spiro atoms. The van der Waals surface area contributed by atoms with Crippen molar-refractivity contribution in [1.29, 1.82) is 0 Å². The lowest BCUT2D eigenvalue weighted by Crippen LogP contribution is -2.41. The topological polar surface area (TPSA) is 57.6 Å². The van der Waals surface area contributed by atoms with E-state index in [1.165, 1.54) is 23.1 Å². The first-order valence-corrected chi connectivity index (χ1v) is 6.33. The van der Waals surface area contributed by atoms with Crippen LogP contribution in [0.1, 0.15) is 18.4 Å². The summed E-state index contributed by atoms with van der Waals surface area (Å²) < 4.78 is 13.6. The Morgan fingerprint density at radius 2 is 2.21 bits per heavy atom. The predicted octanol–water partition coefficient (Wildman–Crippen LogP) is 2.10. The van der Waals surface area contributed by atoms with Gasteiger partial charge in [0.25, 0.3) is 0 Å². The van der Waals surface area contributed by atoms with Gasteiger partial charge in [0.2, 0.25) is 5.91 Å². The number of carbonyl (C=O) groups is 2. The van der Waals surface area contributed by atoms with Crippen LogP contribution in [-0.2, 0) is 16.0 Å². The van der Waals surface area contributed by atoms with E-state index in [1.807, 2.05) is 0 Å². The smallest absolute Gasteiger partial charge is 0.326 e. The van der Waals surface area contributed by atoms with Gasteiger partial charge in [-0.1, -0.05) is 17.7 Å². The maximum Gasteiger partial charge on any atom is 0.326 e. The average Bonchev–Trinajstić information content (AvgIpc) is 2.83. The van der Waals surface area contributed by atoms with Crippen molar-refractivity contribution in [3.8, 4) is 0 Å². The fourth-order valence-electron chi connectivity index (χ4n) is 2.28. The number of halogens is 2. The Balaban J connectivity index is 2.15. The van der Waals surface area contributed by atoms with E-state index in [4.69, 9.17) is 16.7 Å². The minimum absolute atomic E-state index is 0.116. The third-order valence-electron chi connectivity index (χ3n) is 3.25. The van der Waals surface area contributed by atoms with Gasteiger partial charge in [-0.3, -0.25) is 4.79 Å². The van der Waals surface area contributed by atoms with Gasteiger partial charge in [0.05, 0.1) is 6.42 Å². The van der Waals surface area contributed by atoms with Crippen LogP contribution in [0.3, 0.4) is 0 Å². The van der Waals surface area contributed by atoms with Crippen molar-refractivity contribution in [2.75, 3.05) is 6.54 Å². The Hall–Kier alpha value is -1.62. The first-order valence-electron chi connectivity index (χ1n) is 5.96. The Kier molecular flexibility index (Phi) is 4.04. The maximum absolute atomic E-state index is 13.6. The summed E-state index contributed by atoms with van der Waals surface area (Å²) in [4.78, 5) is 24.4. The zero-order chi connectivity index (χ0) is 14.0. The van der Waals surface area contributed by atoms with Gasteiger partial charge in [0.1, 0.15) is 11.9 Å². The fourth-order valence-corrected chi connectivity index (χ4v) is 2.51. The lowest BCUT2D eigenvalue weighted by atomic mass is 10.1. The quantitative estimate of drug-likeness (QED) is 0.925. The molecule has 1 saturated heterocycles. The SMILES string of the molecule is O=C(O)[C@@H]1CCCN1C(=O)Cc1c(F)cccc1Cl. The molecule has 0 saturated carbocycles. The minimum Gasteiger partial charge on any atom is -0.480 e. The average molecular weight is 286 g/mol. The number of hydrogen-bond acceptors (Lipinski definition) is 2. The van der Waals surface area contributed by atoms with Crippen molar-refractivity contribution in [3.05, 3.63) is 34.6 Å². The highest BCUT2D eigenvalue weighted by Gasteiger charge is 2.34. The summed E-state index contributed by atoms with van der Waals surface area (Å²) in [5.41, 5.74) is 0.116. The van der Waals surface area contributed by atoms with E-state index in [1.54, 1.807) is 0 Å². The van der Waals surface area contributed by atoms with Crippen LogP contribution >= 0.6 is 11.6 Å². The van der Waals surface area contributed by atoms with Crippen LogP contribution in [0.2, 0.25) is 5.02 Å². The molecule has 19 heavy (non-hydrogen) atoms. The normalized spacial score (nSPS) is 18.6. The molecule has 0 aliphatic carbocycles. The highest BCUT2D eigenvalue weighted by atomic mass is 35.5. The summed E-state index contributed by atoms with van der Waals surface area (Å²) in [5, 5.41) is 9.19. The fraction of sp³-hybridized carbons (Fsp3) is 0.385. The van der Waals surface area contributed by atoms with Crippen LogP contribution in [0.25, 0.3) is 0 Å². The van der Waals surface area contributed by atoms with E-state index in [-0.39, 0.29) is 17.0 Å². The summed E-state index contributed by atoms with van der Waals surface area (Å²) in [7, 11) is 0. The van der Waals surface area contributed by atoms with Gasteiger partial charge in [-0.15, -0.1) is 0 Å². The monoisotopic (exact) mass is 285 g/mol. The van der Waals surface area contributed by atoms with E-state index >= 15 is 0 Å². The molecule has 1 amide bonds. The lowest BCUT2D eigenvalue weighted by Gasteiger charge is -2.21. The zero-order valence-electron chi connectivity index (χ0n) is 10.1. The highest BCUT2D eigenvalue weighted by Crippen LogP contribution is 2.23. The molecule has 0 aromatic heterocycles. The number of nitrogens with zero attached hydrogens (tertiary/aromatic N) is 1. The minimum atomic E-state index is -1.02. The maximum atomic E-state index is 13.6. The first-order chi connectivity index (χ1) is 9.00. The predicted molar refractivity (Wildman–Crippen MR) is 67.5 cm³/mol. The second-order valence-electron chi connectivity index (χ2n) is 4.46. The summed E-state index contributed by atoms with van der Waals surface area (Å²) >= 11 is 5.85. The Morgan fingerprint density at radius 1 is 1.47 bits per heavy atom. The third kappa shape index (κ3) is 2.87.